The van der Waals surface area contributed by atoms with E-state index in [0.29, 0.717) is 6.54 Å². The molecule has 1 amide bonds. The predicted octanol–water partition coefficient (Wildman–Crippen LogP) is 2.07. The molecule has 0 heterocycles. The summed E-state index contributed by atoms with van der Waals surface area (Å²) < 4.78 is 0. The van der Waals surface area contributed by atoms with E-state index in [4.69, 9.17) is 0 Å². The fourth-order valence-electron chi connectivity index (χ4n) is 2.18. The van der Waals surface area contributed by atoms with Crippen molar-refractivity contribution in [1.29, 1.82) is 0 Å². The van der Waals surface area contributed by atoms with Crippen molar-refractivity contribution in [3.63, 3.8) is 0 Å². The Morgan fingerprint density at radius 3 is 2.65 bits per heavy atom. The molecule has 0 radical (unpaired) electrons. The highest BCUT2D eigenvalue weighted by molar-refractivity contribution is 5.81. The minimum absolute atomic E-state index is 0.0416. The smallest absolute Gasteiger partial charge is 0.239 e. The van der Waals surface area contributed by atoms with Crippen LogP contribution >= 0.6 is 0 Å². The molecule has 4 nitrogen and oxygen atoms in total. The molecular formula is C16H27N3O. The Kier molecular flexibility index (Phi) is 7.09. The number of amides is 1. The first-order valence-electron chi connectivity index (χ1n) is 7.38. The van der Waals surface area contributed by atoms with Crippen molar-refractivity contribution in [2.24, 2.45) is 0 Å². The summed E-state index contributed by atoms with van der Waals surface area (Å²) in [6.45, 7) is 9.40. The number of likely N-dealkylation sites (N-methyl/N-ethyl adjacent to an activating group) is 2. The summed E-state index contributed by atoms with van der Waals surface area (Å²) in [6, 6.07) is 6.42. The van der Waals surface area contributed by atoms with Crippen molar-refractivity contribution in [3.05, 3.63) is 29.3 Å². The zero-order valence-electron chi connectivity index (χ0n) is 13.1. The predicted molar refractivity (Wildman–Crippen MR) is 85.1 cm³/mol. The van der Waals surface area contributed by atoms with Gasteiger partial charge in [-0.05, 0) is 38.4 Å². The highest BCUT2D eigenvalue weighted by Crippen LogP contribution is 2.22. The van der Waals surface area contributed by atoms with Crippen LogP contribution in [0.5, 0.6) is 0 Å². The minimum Gasteiger partial charge on any atom is -0.362 e. The van der Waals surface area contributed by atoms with Gasteiger partial charge in [0.1, 0.15) is 0 Å². The summed E-state index contributed by atoms with van der Waals surface area (Å²) >= 11 is 0. The molecule has 4 heteroatoms. The first kappa shape index (κ1) is 16.5. The Hall–Kier alpha value is -1.55. The summed E-state index contributed by atoms with van der Waals surface area (Å²) in [5, 5.41) is 6.12. The van der Waals surface area contributed by atoms with E-state index in [0.717, 1.165) is 31.7 Å². The van der Waals surface area contributed by atoms with Crippen LogP contribution in [0.4, 0.5) is 5.69 Å². The number of hydrogen-bond acceptors (Lipinski definition) is 3. The molecule has 0 aliphatic rings. The zero-order chi connectivity index (χ0) is 15.0. The maximum Gasteiger partial charge on any atom is 0.239 e. The second-order valence-electron chi connectivity index (χ2n) is 5.00. The molecule has 1 aromatic rings. The highest BCUT2D eigenvalue weighted by atomic mass is 16.1. The third-order valence-corrected chi connectivity index (χ3v) is 3.31. The van der Waals surface area contributed by atoms with Crippen molar-refractivity contribution in [3.8, 4) is 0 Å². The van der Waals surface area contributed by atoms with Crippen molar-refractivity contribution >= 4 is 11.6 Å². The molecule has 0 unspecified atom stereocenters. The molecule has 0 saturated carbocycles. The lowest BCUT2D eigenvalue weighted by Gasteiger charge is -2.25. The Balaban J connectivity index is 2.91. The van der Waals surface area contributed by atoms with E-state index in [-0.39, 0.29) is 5.91 Å². The number of rotatable bonds is 8. The van der Waals surface area contributed by atoms with Gasteiger partial charge < -0.3 is 15.5 Å². The maximum atomic E-state index is 11.6. The van der Waals surface area contributed by atoms with E-state index in [9.17, 15) is 4.79 Å². The molecule has 20 heavy (non-hydrogen) atoms. The molecule has 0 spiro atoms. The van der Waals surface area contributed by atoms with Gasteiger partial charge in [-0.2, -0.15) is 0 Å². The van der Waals surface area contributed by atoms with Gasteiger partial charge in [0, 0.05) is 25.8 Å². The SMILES string of the molecule is CCCNCc1cc(C)ccc1N(CC)CC(=O)NC. The fraction of sp³-hybridized carbons (Fsp3) is 0.562. The van der Waals surface area contributed by atoms with Crippen molar-refractivity contribution in [2.75, 3.05) is 31.6 Å². The van der Waals surface area contributed by atoms with Crippen LogP contribution in [0, 0.1) is 6.92 Å². The number of carbonyl (C=O) groups excluding carboxylic acids is 1. The molecule has 112 valence electrons. The Bertz CT molecular complexity index is 432. The van der Waals surface area contributed by atoms with Crippen LogP contribution in [0.2, 0.25) is 0 Å². The summed E-state index contributed by atoms with van der Waals surface area (Å²) in [4.78, 5) is 13.7. The van der Waals surface area contributed by atoms with E-state index in [1.54, 1.807) is 7.05 Å². The van der Waals surface area contributed by atoms with Crippen molar-refractivity contribution < 1.29 is 4.79 Å². The molecule has 0 fully saturated rings. The molecule has 1 rings (SSSR count). The summed E-state index contributed by atoms with van der Waals surface area (Å²) in [5.41, 5.74) is 3.65. The molecule has 2 N–H and O–H groups in total. The summed E-state index contributed by atoms with van der Waals surface area (Å²) in [7, 11) is 1.68. The monoisotopic (exact) mass is 277 g/mol. The summed E-state index contributed by atoms with van der Waals surface area (Å²) in [5.74, 6) is 0.0416. The third-order valence-electron chi connectivity index (χ3n) is 3.31. The van der Waals surface area contributed by atoms with Gasteiger partial charge in [0.25, 0.3) is 0 Å². The standard InChI is InChI=1S/C16H27N3O/c1-5-9-18-11-14-10-13(3)7-8-15(14)19(6-2)12-16(20)17-4/h7-8,10,18H,5-6,9,11-12H2,1-4H3,(H,17,20). The van der Waals surface area contributed by atoms with E-state index in [1.165, 1.54) is 11.1 Å². The molecule has 0 aromatic heterocycles. The number of benzene rings is 1. The average molecular weight is 277 g/mol. The van der Waals surface area contributed by atoms with Gasteiger partial charge in [-0.3, -0.25) is 4.79 Å². The fourth-order valence-corrected chi connectivity index (χ4v) is 2.18. The molecule has 0 atom stereocenters. The van der Waals surface area contributed by atoms with E-state index >= 15 is 0 Å². The minimum atomic E-state index is 0.0416. The molecule has 0 bridgehead atoms. The summed E-state index contributed by atoms with van der Waals surface area (Å²) in [6.07, 6.45) is 1.12. The Morgan fingerprint density at radius 2 is 2.05 bits per heavy atom. The molecule has 1 aromatic carbocycles. The van der Waals surface area contributed by atoms with Crippen LogP contribution in [0.3, 0.4) is 0 Å². The molecule has 0 saturated heterocycles. The second-order valence-corrected chi connectivity index (χ2v) is 5.00. The van der Waals surface area contributed by atoms with Gasteiger partial charge in [0.05, 0.1) is 6.54 Å². The van der Waals surface area contributed by atoms with Crippen LogP contribution in [0.15, 0.2) is 18.2 Å². The third kappa shape index (κ3) is 4.85. The number of carbonyl (C=O) groups is 1. The van der Waals surface area contributed by atoms with Gasteiger partial charge in [-0.25, -0.2) is 0 Å². The zero-order valence-corrected chi connectivity index (χ0v) is 13.1. The first-order valence-corrected chi connectivity index (χ1v) is 7.38. The molecular weight excluding hydrogens is 250 g/mol. The van der Waals surface area contributed by atoms with E-state index in [1.807, 2.05) is 0 Å². The topological polar surface area (TPSA) is 44.4 Å². The van der Waals surface area contributed by atoms with Gasteiger partial charge in [-0.15, -0.1) is 0 Å². The lowest BCUT2D eigenvalue weighted by atomic mass is 10.1. The van der Waals surface area contributed by atoms with Crippen LogP contribution in [-0.4, -0.2) is 32.6 Å². The van der Waals surface area contributed by atoms with Crippen LogP contribution in [0.25, 0.3) is 0 Å². The highest BCUT2D eigenvalue weighted by Gasteiger charge is 2.12. The van der Waals surface area contributed by atoms with Crippen LogP contribution in [-0.2, 0) is 11.3 Å². The number of nitrogens with one attached hydrogen (secondary N) is 2. The molecule has 0 aliphatic carbocycles. The van der Waals surface area contributed by atoms with Crippen molar-refractivity contribution in [2.45, 2.75) is 33.7 Å². The normalized spacial score (nSPS) is 10.4. The number of aryl methyl sites for hydroxylation is 1. The Morgan fingerprint density at radius 1 is 1.30 bits per heavy atom. The van der Waals surface area contributed by atoms with Crippen LogP contribution in [0.1, 0.15) is 31.4 Å². The quantitative estimate of drug-likeness (QED) is 0.715. The Labute approximate surface area is 122 Å². The van der Waals surface area contributed by atoms with E-state index in [2.05, 4.69) is 54.5 Å². The lowest BCUT2D eigenvalue weighted by Crippen LogP contribution is -2.36. The van der Waals surface area contributed by atoms with E-state index < -0.39 is 0 Å². The first-order chi connectivity index (χ1) is 9.62. The van der Waals surface area contributed by atoms with Crippen LogP contribution < -0.4 is 15.5 Å². The van der Waals surface area contributed by atoms with Gasteiger partial charge in [-0.1, -0.05) is 24.6 Å². The van der Waals surface area contributed by atoms with Crippen molar-refractivity contribution in [1.82, 2.24) is 10.6 Å². The van der Waals surface area contributed by atoms with Gasteiger partial charge in [0.2, 0.25) is 5.91 Å². The number of nitrogens with zero attached hydrogens (tertiary/aromatic N) is 1. The maximum absolute atomic E-state index is 11.6. The average Bonchev–Trinajstić information content (AvgIpc) is 2.45. The number of hydrogen-bond donors (Lipinski definition) is 2. The van der Waals surface area contributed by atoms with Gasteiger partial charge >= 0.3 is 0 Å². The van der Waals surface area contributed by atoms with Gasteiger partial charge in [0.15, 0.2) is 0 Å². The lowest BCUT2D eigenvalue weighted by molar-refractivity contribution is -0.119. The number of anilines is 1. The molecule has 0 aliphatic heterocycles. The largest absolute Gasteiger partial charge is 0.362 e. The second kappa shape index (κ2) is 8.59.